The van der Waals surface area contributed by atoms with Crippen molar-refractivity contribution < 1.29 is 22.7 Å². The molecule has 1 amide bonds. The zero-order chi connectivity index (χ0) is 14.5. The first-order valence-electron chi connectivity index (χ1n) is 5.59. The summed E-state index contributed by atoms with van der Waals surface area (Å²) in [4.78, 5) is 11.5. The summed E-state index contributed by atoms with van der Waals surface area (Å²) in [5, 5.41) is 2.37. The van der Waals surface area contributed by atoms with E-state index in [2.05, 4.69) is 21.2 Å². The highest BCUT2D eigenvalue weighted by Gasteiger charge is 2.31. The Hall–Kier alpha value is -1.08. The van der Waals surface area contributed by atoms with Gasteiger partial charge in [0.1, 0.15) is 6.61 Å². The number of hydrogen-bond donors (Lipinski definition) is 1. The monoisotopic (exact) mass is 339 g/mol. The summed E-state index contributed by atoms with van der Waals surface area (Å²) in [6.07, 6.45) is -3.68. The van der Waals surface area contributed by atoms with Gasteiger partial charge in [-0.1, -0.05) is 6.92 Å². The van der Waals surface area contributed by atoms with E-state index in [1.807, 2.05) is 6.92 Å². The van der Waals surface area contributed by atoms with Crippen LogP contribution in [0.1, 0.15) is 18.9 Å². The van der Waals surface area contributed by atoms with Gasteiger partial charge in [-0.3, -0.25) is 4.79 Å². The standard InChI is InChI=1S/C12H13BrF3NO2/c1-2-5-19-7-11(18)17-10-6-8(12(14,15)16)3-4-9(10)13/h3-4,6H,2,5,7H2,1H3,(H,17,18). The molecule has 0 aromatic heterocycles. The predicted molar refractivity (Wildman–Crippen MR) is 68.9 cm³/mol. The van der Waals surface area contributed by atoms with Crippen LogP contribution in [0.4, 0.5) is 18.9 Å². The van der Waals surface area contributed by atoms with Gasteiger partial charge in [0.2, 0.25) is 5.91 Å². The van der Waals surface area contributed by atoms with Crippen molar-refractivity contribution >= 4 is 27.5 Å². The Kier molecular flexibility index (Phi) is 5.81. The molecule has 106 valence electrons. The Morgan fingerprint density at radius 3 is 2.68 bits per heavy atom. The van der Waals surface area contributed by atoms with E-state index < -0.39 is 17.6 Å². The van der Waals surface area contributed by atoms with Crippen LogP contribution in [-0.4, -0.2) is 19.1 Å². The topological polar surface area (TPSA) is 38.3 Å². The zero-order valence-corrected chi connectivity index (χ0v) is 11.8. The van der Waals surface area contributed by atoms with Gasteiger partial charge in [0.25, 0.3) is 0 Å². The highest BCUT2D eigenvalue weighted by molar-refractivity contribution is 9.10. The SMILES string of the molecule is CCCOCC(=O)Nc1cc(C(F)(F)F)ccc1Br. The van der Waals surface area contributed by atoms with Crippen molar-refractivity contribution in [2.24, 2.45) is 0 Å². The third-order valence-electron chi connectivity index (χ3n) is 2.15. The molecule has 7 heteroatoms. The number of alkyl halides is 3. The lowest BCUT2D eigenvalue weighted by atomic mass is 10.2. The first-order chi connectivity index (χ1) is 8.84. The average molecular weight is 340 g/mol. The van der Waals surface area contributed by atoms with Gasteiger partial charge in [0.15, 0.2) is 0 Å². The molecule has 1 aromatic carbocycles. The van der Waals surface area contributed by atoms with Gasteiger partial charge in [-0.05, 0) is 40.5 Å². The quantitative estimate of drug-likeness (QED) is 0.828. The maximum Gasteiger partial charge on any atom is 0.416 e. The number of halogens is 4. The Balaban J connectivity index is 2.74. The predicted octanol–water partition coefficient (Wildman–Crippen LogP) is 3.83. The van der Waals surface area contributed by atoms with Crippen LogP contribution in [0.2, 0.25) is 0 Å². The van der Waals surface area contributed by atoms with E-state index in [4.69, 9.17) is 4.74 Å². The summed E-state index contributed by atoms with van der Waals surface area (Å²) in [6, 6.07) is 3.06. The Bertz CT molecular complexity index is 449. The lowest BCUT2D eigenvalue weighted by molar-refractivity contribution is -0.137. The molecule has 0 atom stereocenters. The average Bonchev–Trinajstić information content (AvgIpc) is 2.31. The molecule has 0 heterocycles. The Morgan fingerprint density at radius 1 is 1.42 bits per heavy atom. The molecule has 1 N–H and O–H groups in total. The van der Waals surface area contributed by atoms with Gasteiger partial charge in [0.05, 0.1) is 11.3 Å². The molecule has 0 radical (unpaired) electrons. The van der Waals surface area contributed by atoms with Crippen LogP contribution < -0.4 is 5.32 Å². The summed E-state index contributed by atoms with van der Waals surface area (Å²) in [5.41, 5.74) is -0.750. The minimum absolute atomic E-state index is 0.0694. The molecule has 19 heavy (non-hydrogen) atoms. The van der Waals surface area contributed by atoms with Gasteiger partial charge in [-0.25, -0.2) is 0 Å². The first kappa shape index (κ1) is 16.0. The summed E-state index contributed by atoms with van der Waals surface area (Å²) >= 11 is 3.08. The van der Waals surface area contributed by atoms with Gasteiger partial charge in [0, 0.05) is 11.1 Å². The summed E-state index contributed by atoms with van der Waals surface area (Å²) in [5.74, 6) is -0.492. The van der Waals surface area contributed by atoms with Gasteiger partial charge in [-0.2, -0.15) is 13.2 Å². The summed E-state index contributed by atoms with van der Waals surface area (Å²) in [7, 11) is 0. The molecule has 0 fully saturated rings. The normalized spacial score (nSPS) is 11.4. The third-order valence-corrected chi connectivity index (χ3v) is 2.84. The molecule has 0 saturated heterocycles. The molecular formula is C12H13BrF3NO2. The van der Waals surface area contributed by atoms with Crippen LogP contribution in [0.3, 0.4) is 0 Å². The second kappa shape index (κ2) is 6.91. The van der Waals surface area contributed by atoms with E-state index in [1.165, 1.54) is 6.07 Å². The number of rotatable bonds is 5. The smallest absolute Gasteiger partial charge is 0.372 e. The Morgan fingerprint density at radius 2 is 2.11 bits per heavy atom. The van der Waals surface area contributed by atoms with Crippen molar-refractivity contribution in [2.75, 3.05) is 18.5 Å². The van der Waals surface area contributed by atoms with Crippen LogP contribution >= 0.6 is 15.9 Å². The molecular weight excluding hydrogens is 327 g/mol. The van der Waals surface area contributed by atoms with Crippen molar-refractivity contribution in [3.63, 3.8) is 0 Å². The number of anilines is 1. The van der Waals surface area contributed by atoms with E-state index in [9.17, 15) is 18.0 Å². The lowest BCUT2D eigenvalue weighted by Gasteiger charge is -2.11. The van der Waals surface area contributed by atoms with Crippen molar-refractivity contribution in [1.29, 1.82) is 0 Å². The largest absolute Gasteiger partial charge is 0.416 e. The third kappa shape index (κ3) is 5.20. The number of hydrogen-bond acceptors (Lipinski definition) is 2. The van der Waals surface area contributed by atoms with Gasteiger partial charge in [-0.15, -0.1) is 0 Å². The summed E-state index contributed by atoms with van der Waals surface area (Å²) in [6.45, 7) is 2.13. The fourth-order valence-corrected chi connectivity index (χ4v) is 1.64. The van der Waals surface area contributed by atoms with Crippen LogP contribution in [0.25, 0.3) is 0 Å². The minimum atomic E-state index is -4.45. The van der Waals surface area contributed by atoms with E-state index >= 15 is 0 Å². The number of nitrogens with one attached hydrogen (secondary N) is 1. The van der Waals surface area contributed by atoms with Crippen molar-refractivity contribution in [2.45, 2.75) is 19.5 Å². The molecule has 3 nitrogen and oxygen atoms in total. The molecule has 0 aliphatic heterocycles. The molecule has 0 spiro atoms. The highest BCUT2D eigenvalue weighted by Crippen LogP contribution is 2.33. The number of carbonyl (C=O) groups is 1. The van der Waals surface area contributed by atoms with E-state index in [-0.39, 0.29) is 12.3 Å². The first-order valence-corrected chi connectivity index (χ1v) is 6.38. The number of ether oxygens (including phenoxy) is 1. The molecule has 0 bridgehead atoms. The highest BCUT2D eigenvalue weighted by atomic mass is 79.9. The Labute approximate surface area is 117 Å². The fourth-order valence-electron chi connectivity index (χ4n) is 1.29. The minimum Gasteiger partial charge on any atom is -0.372 e. The molecule has 1 rings (SSSR count). The molecule has 0 unspecified atom stereocenters. The van der Waals surface area contributed by atoms with Crippen LogP contribution in [-0.2, 0) is 15.7 Å². The molecule has 0 saturated carbocycles. The maximum atomic E-state index is 12.5. The van der Waals surface area contributed by atoms with Crippen molar-refractivity contribution in [1.82, 2.24) is 0 Å². The van der Waals surface area contributed by atoms with Crippen LogP contribution in [0.15, 0.2) is 22.7 Å². The van der Waals surface area contributed by atoms with Crippen molar-refractivity contribution in [3.05, 3.63) is 28.2 Å². The molecule has 0 aliphatic carbocycles. The summed E-state index contributed by atoms with van der Waals surface area (Å²) < 4.78 is 43.0. The zero-order valence-electron chi connectivity index (χ0n) is 10.2. The van der Waals surface area contributed by atoms with Crippen LogP contribution in [0.5, 0.6) is 0 Å². The van der Waals surface area contributed by atoms with Crippen LogP contribution in [0, 0.1) is 0 Å². The molecule has 0 aliphatic rings. The lowest BCUT2D eigenvalue weighted by Crippen LogP contribution is -2.19. The van der Waals surface area contributed by atoms with Crippen molar-refractivity contribution in [3.8, 4) is 0 Å². The van der Waals surface area contributed by atoms with Gasteiger partial charge >= 0.3 is 6.18 Å². The van der Waals surface area contributed by atoms with E-state index in [0.29, 0.717) is 11.1 Å². The number of carbonyl (C=O) groups excluding carboxylic acids is 1. The number of benzene rings is 1. The number of amides is 1. The second-order valence-corrected chi connectivity index (χ2v) is 4.65. The van der Waals surface area contributed by atoms with E-state index in [0.717, 1.165) is 18.6 Å². The van der Waals surface area contributed by atoms with E-state index in [1.54, 1.807) is 0 Å². The second-order valence-electron chi connectivity index (χ2n) is 3.79. The van der Waals surface area contributed by atoms with Gasteiger partial charge < -0.3 is 10.1 Å². The maximum absolute atomic E-state index is 12.5. The fraction of sp³-hybridized carbons (Fsp3) is 0.417. The molecule has 1 aromatic rings.